The summed E-state index contributed by atoms with van der Waals surface area (Å²) in [4.78, 5) is 14.6. The number of hydrogen-bond donors (Lipinski definition) is 0. The van der Waals surface area contributed by atoms with E-state index in [1.54, 1.807) is 7.05 Å². The number of benzene rings is 2. The van der Waals surface area contributed by atoms with Crippen LogP contribution in [0.2, 0.25) is 0 Å². The molecule has 4 rings (SSSR count). The van der Waals surface area contributed by atoms with Gasteiger partial charge in [-0.2, -0.15) is 5.10 Å². The number of ether oxygens (including phenoxy) is 1. The highest BCUT2D eigenvalue weighted by Crippen LogP contribution is 2.35. The van der Waals surface area contributed by atoms with E-state index in [-0.39, 0.29) is 11.7 Å². The maximum Gasteiger partial charge on any atom is 0.222 e. The van der Waals surface area contributed by atoms with Crippen molar-refractivity contribution in [3.05, 3.63) is 65.7 Å². The molecule has 0 bridgehead atoms. The van der Waals surface area contributed by atoms with Gasteiger partial charge in [0.1, 0.15) is 5.82 Å². The normalized spacial score (nSPS) is 14.0. The van der Waals surface area contributed by atoms with E-state index in [1.165, 1.54) is 10.7 Å². The van der Waals surface area contributed by atoms with Gasteiger partial charge in [-0.25, -0.2) is 13.5 Å². The van der Waals surface area contributed by atoms with Gasteiger partial charge >= 0.3 is 0 Å². The van der Waals surface area contributed by atoms with Crippen LogP contribution < -0.4 is 4.74 Å². The van der Waals surface area contributed by atoms with Gasteiger partial charge in [-0.1, -0.05) is 30.3 Å². The summed E-state index contributed by atoms with van der Waals surface area (Å²) < 4.78 is 34.9. The molecule has 162 valence electrons. The van der Waals surface area contributed by atoms with E-state index in [4.69, 9.17) is 4.74 Å². The van der Waals surface area contributed by atoms with E-state index in [1.807, 2.05) is 35.2 Å². The molecule has 2 aromatic carbocycles. The van der Waals surface area contributed by atoms with Gasteiger partial charge in [-0.15, -0.1) is 0 Å². The first-order valence-corrected chi connectivity index (χ1v) is 10.5. The van der Waals surface area contributed by atoms with Crippen LogP contribution in [0.1, 0.15) is 31.2 Å². The van der Waals surface area contributed by atoms with Crippen molar-refractivity contribution in [1.29, 1.82) is 0 Å². The van der Waals surface area contributed by atoms with Crippen LogP contribution in [0.15, 0.2) is 48.5 Å². The Morgan fingerprint density at radius 2 is 1.81 bits per heavy atom. The topological polar surface area (TPSA) is 47.4 Å². The smallest absolute Gasteiger partial charge is 0.222 e. The van der Waals surface area contributed by atoms with Gasteiger partial charge in [0.2, 0.25) is 11.8 Å². The maximum absolute atomic E-state index is 14.2. The van der Waals surface area contributed by atoms with Crippen LogP contribution in [-0.2, 0) is 18.3 Å². The fraction of sp³-hybridized carbons (Fsp3) is 0.333. The molecule has 0 N–H and O–H groups in total. The molecule has 0 aliphatic carbocycles. The largest absolute Gasteiger partial charge is 0.436 e. The monoisotopic (exact) mass is 425 g/mol. The lowest BCUT2D eigenvalue weighted by atomic mass is 10.0. The number of carbonyl (C=O) groups is 1. The molecule has 0 unspecified atom stereocenters. The SMILES string of the molecule is Cn1nc(-c2ccccc2)c(CCC(=O)N2CCCCC2)c1Oc1ccc(F)cc1F. The van der Waals surface area contributed by atoms with E-state index < -0.39 is 11.6 Å². The van der Waals surface area contributed by atoms with Gasteiger partial charge in [0.05, 0.1) is 5.69 Å². The van der Waals surface area contributed by atoms with Crippen LogP contribution in [0.5, 0.6) is 11.6 Å². The number of piperidine rings is 1. The highest BCUT2D eigenvalue weighted by atomic mass is 19.1. The number of halogens is 2. The summed E-state index contributed by atoms with van der Waals surface area (Å²) in [7, 11) is 1.71. The highest BCUT2D eigenvalue weighted by Gasteiger charge is 2.23. The number of aromatic nitrogens is 2. The zero-order valence-corrected chi connectivity index (χ0v) is 17.5. The molecule has 1 fully saturated rings. The van der Waals surface area contributed by atoms with Crippen molar-refractivity contribution in [2.45, 2.75) is 32.1 Å². The molecule has 1 amide bonds. The van der Waals surface area contributed by atoms with Crippen LogP contribution in [-0.4, -0.2) is 33.7 Å². The van der Waals surface area contributed by atoms with Crippen molar-refractivity contribution >= 4 is 5.91 Å². The van der Waals surface area contributed by atoms with Gasteiger partial charge in [0, 0.05) is 43.8 Å². The minimum atomic E-state index is -0.794. The highest BCUT2D eigenvalue weighted by molar-refractivity contribution is 5.77. The van der Waals surface area contributed by atoms with Crippen molar-refractivity contribution in [2.24, 2.45) is 7.05 Å². The molecule has 31 heavy (non-hydrogen) atoms. The summed E-state index contributed by atoms with van der Waals surface area (Å²) in [5.41, 5.74) is 2.29. The second-order valence-electron chi connectivity index (χ2n) is 7.74. The first-order valence-electron chi connectivity index (χ1n) is 10.5. The Hall–Kier alpha value is -3.22. The van der Waals surface area contributed by atoms with E-state index in [0.29, 0.717) is 24.4 Å². The average molecular weight is 425 g/mol. The molecule has 0 atom stereocenters. The summed E-state index contributed by atoms with van der Waals surface area (Å²) in [6.45, 7) is 1.59. The third-order valence-corrected chi connectivity index (χ3v) is 5.53. The van der Waals surface area contributed by atoms with Crippen molar-refractivity contribution in [1.82, 2.24) is 14.7 Å². The maximum atomic E-state index is 14.2. The summed E-state index contributed by atoms with van der Waals surface area (Å²) in [6.07, 6.45) is 3.95. The van der Waals surface area contributed by atoms with Crippen LogP contribution >= 0.6 is 0 Å². The molecule has 0 radical (unpaired) electrons. The fourth-order valence-corrected chi connectivity index (χ4v) is 3.93. The first-order chi connectivity index (χ1) is 15.0. The third kappa shape index (κ3) is 4.76. The molecule has 1 aliphatic heterocycles. The Balaban J connectivity index is 1.65. The van der Waals surface area contributed by atoms with Gasteiger partial charge < -0.3 is 9.64 Å². The lowest BCUT2D eigenvalue weighted by molar-refractivity contribution is -0.132. The predicted molar refractivity (Wildman–Crippen MR) is 114 cm³/mol. The van der Waals surface area contributed by atoms with E-state index in [9.17, 15) is 13.6 Å². The van der Waals surface area contributed by atoms with Crippen LogP contribution in [0, 0.1) is 11.6 Å². The minimum Gasteiger partial charge on any atom is -0.436 e. The van der Waals surface area contributed by atoms with E-state index in [2.05, 4.69) is 5.10 Å². The van der Waals surface area contributed by atoms with E-state index >= 15 is 0 Å². The number of hydrogen-bond acceptors (Lipinski definition) is 3. The van der Waals surface area contributed by atoms with Gasteiger partial charge in [0.25, 0.3) is 0 Å². The van der Waals surface area contributed by atoms with Crippen LogP contribution in [0.25, 0.3) is 11.3 Å². The molecule has 0 spiro atoms. The standard InChI is InChI=1S/C24H25F2N3O2/c1-28-24(31-21-12-10-18(25)16-20(21)26)19(23(27-28)17-8-4-2-5-9-17)11-13-22(30)29-14-6-3-7-15-29/h2,4-5,8-10,12,16H,3,6-7,11,13-15H2,1H3. The summed E-state index contributed by atoms with van der Waals surface area (Å²) in [5, 5.41) is 4.58. The lowest BCUT2D eigenvalue weighted by Crippen LogP contribution is -2.35. The Morgan fingerprint density at radius 3 is 2.52 bits per heavy atom. The fourth-order valence-electron chi connectivity index (χ4n) is 3.93. The summed E-state index contributed by atoms with van der Waals surface area (Å²) in [5.74, 6) is -1.12. The molecule has 3 aromatic rings. The zero-order valence-electron chi connectivity index (χ0n) is 17.5. The molecule has 1 aliphatic rings. The average Bonchev–Trinajstić information content (AvgIpc) is 3.10. The van der Waals surface area contributed by atoms with Gasteiger partial charge in [-0.05, 0) is 37.8 Å². The molecule has 5 nitrogen and oxygen atoms in total. The Kier molecular flexibility index (Phi) is 6.30. The van der Waals surface area contributed by atoms with Crippen molar-refractivity contribution in [3.8, 4) is 22.9 Å². The number of rotatable bonds is 6. The molecule has 1 saturated heterocycles. The first kappa shape index (κ1) is 21.0. The second kappa shape index (κ2) is 9.29. The minimum absolute atomic E-state index is 0.0902. The van der Waals surface area contributed by atoms with E-state index in [0.717, 1.165) is 55.6 Å². The third-order valence-electron chi connectivity index (χ3n) is 5.53. The quantitative estimate of drug-likeness (QED) is 0.552. The number of aryl methyl sites for hydroxylation is 1. The van der Waals surface area contributed by atoms with Gasteiger partial charge in [-0.3, -0.25) is 4.79 Å². The predicted octanol–water partition coefficient (Wildman–Crippen LogP) is 5.10. The second-order valence-corrected chi connectivity index (χ2v) is 7.74. The molecule has 7 heteroatoms. The molecular formula is C24H25F2N3O2. The van der Waals surface area contributed by atoms with Gasteiger partial charge in [0.15, 0.2) is 11.6 Å². The zero-order chi connectivity index (χ0) is 21.8. The van der Waals surface area contributed by atoms with Crippen molar-refractivity contribution in [3.63, 3.8) is 0 Å². The van der Waals surface area contributed by atoms with Crippen LogP contribution in [0.3, 0.4) is 0 Å². The summed E-state index contributed by atoms with van der Waals surface area (Å²) >= 11 is 0. The molecule has 0 saturated carbocycles. The lowest BCUT2D eigenvalue weighted by Gasteiger charge is -2.26. The molecule has 2 heterocycles. The Bertz CT molecular complexity index is 1060. The number of likely N-dealkylation sites (tertiary alicyclic amines) is 1. The van der Waals surface area contributed by atoms with Crippen LogP contribution in [0.4, 0.5) is 8.78 Å². The number of nitrogens with zero attached hydrogens (tertiary/aromatic N) is 3. The van der Waals surface area contributed by atoms with Crippen molar-refractivity contribution in [2.75, 3.05) is 13.1 Å². The number of amides is 1. The Labute approximate surface area is 180 Å². The Morgan fingerprint density at radius 1 is 1.06 bits per heavy atom. The molecular weight excluding hydrogens is 400 g/mol. The molecule has 1 aromatic heterocycles. The van der Waals surface area contributed by atoms with Crippen molar-refractivity contribution < 1.29 is 18.3 Å². The number of carbonyl (C=O) groups excluding carboxylic acids is 1. The summed E-state index contributed by atoms with van der Waals surface area (Å²) in [6, 6.07) is 12.8.